The van der Waals surface area contributed by atoms with Gasteiger partial charge in [-0.3, -0.25) is 28.8 Å². The summed E-state index contributed by atoms with van der Waals surface area (Å²) in [4.78, 5) is 76.0. The number of esters is 6. The zero-order chi connectivity index (χ0) is 83.3. The maximum Gasteiger partial charge on any atom is 0.317 e. The highest BCUT2D eigenvalue weighted by Gasteiger charge is 2.55. The van der Waals surface area contributed by atoms with Crippen LogP contribution in [0.5, 0.6) is 0 Å². The molecule has 0 spiro atoms. The molecule has 3 aliphatic carbocycles. The van der Waals surface area contributed by atoms with Gasteiger partial charge < -0.3 is 52.8 Å². The van der Waals surface area contributed by atoms with Gasteiger partial charge in [-0.1, -0.05) is 252 Å². The average molecular weight is 1590 g/mol. The lowest BCUT2D eigenvalue weighted by atomic mass is 9.93. The molecule has 0 radical (unpaired) electrons. The Bertz CT molecular complexity index is 5220. The molecule has 3 saturated carbocycles. The fourth-order valence-electron chi connectivity index (χ4n) is 14.5. The van der Waals surface area contributed by atoms with Gasteiger partial charge >= 0.3 is 35.8 Å². The largest absolute Gasteiger partial charge is 0.464 e. The van der Waals surface area contributed by atoms with E-state index >= 15 is 0 Å². The number of aliphatic hydroxyl groups is 1. The molecule has 20 heteroatoms. The molecule has 9 aromatic carbocycles. The Balaban J connectivity index is 0.000000153. The van der Waals surface area contributed by atoms with E-state index in [0.717, 1.165) is 128 Å². The molecule has 0 saturated heterocycles. The first-order valence-electron chi connectivity index (χ1n) is 40.0. The minimum absolute atomic E-state index is 0.0193. The highest BCUT2D eigenvalue weighted by atomic mass is 16.6. The zero-order valence-electron chi connectivity index (χ0n) is 67.9. The number of nitrogens with two attached hydrogens (primary N) is 1. The Kier molecular flexibility index (Phi) is 25.9. The van der Waals surface area contributed by atoms with Crippen molar-refractivity contribution in [3.05, 3.63) is 304 Å². The van der Waals surface area contributed by atoms with Crippen LogP contribution in [0.1, 0.15) is 166 Å². The van der Waals surface area contributed by atoms with Crippen LogP contribution in [0.25, 0.3) is 67.4 Å². The highest BCUT2D eigenvalue weighted by Crippen LogP contribution is 2.52. The first-order valence-corrected chi connectivity index (χ1v) is 40.0. The van der Waals surface area contributed by atoms with Crippen LogP contribution in [0.15, 0.2) is 250 Å². The first kappa shape index (κ1) is 83.3. The molecule has 3 heterocycles. The van der Waals surface area contributed by atoms with Crippen LogP contribution in [-0.2, 0) is 92.7 Å². The topological polar surface area (TPSA) is 282 Å². The molecule has 20 nitrogen and oxygen atoms in total. The van der Waals surface area contributed by atoms with Crippen molar-refractivity contribution in [1.82, 2.24) is 15.5 Å². The van der Waals surface area contributed by atoms with Crippen LogP contribution >= 0.6 is 0 Å². The van der Waals surface area contributed by atoms with Crippen molar-refractivity contribution in [3.63, 3.8) is 0 Å². The van der Waals surface area contributed by atoms with E-state index in [0.29, 0.717) is 52.0 Å². The summed E-state index contributed by atoms with van der Waals surface area (Å²) in [5, 5.41) is 21.3. The van der Waals surface area contributed by atoms with Crippen molar-refractivity contribution >= 4 is 35.8 Å². The summed E-state index contributed by atoms with van der Waals surface area (Å²) in [6.07, 6.45) is 3.88. The van der Waals surface area contributed by atoms with Crippen molar-refractivity contribution in [2.45, 2.75) is 160 Å². The summed E-state index contributed by atoms with van der Waals surface area (Å²) in [5.74, 6) is 0.0547. The molecule has 0 aliphatic heterocycles. The van der Waals surface area contributed by atoms with Gasteiger partial charge in [0.25, 0.3) is 0 Å². The standard InChI is InChI=1S/C34H35NO5.C32H32N2O5.C32H31NO6/c1-22-29(21-30(36)38-23(2)24-9-7-6-8-10-24)31(40-35-22)27-13-11-25(12-14-27)26-15-17-28(18-16-26)34(19-20-34)32(37)39-33(3,4)5;1-21-28(20-29(35)38-22(2)23-6-4-3-5-7-23)30(39-34-21)26-10-8-24(9-11-26)25-12-14-27(15-13-25)32(16-17-32)31(36)37-19-18-33;1-21-28(20-29(35)38-22(2)23-6-4-3-5-7-23)30(39-33-21)26-10-8-24(9-11-26)25-12-14-27(15-13-25)32(16-17-32)31(36)37-19-18-34/h6-18,23H,19-21H2,1-5H3;3-15,22H,16-20,33H2,1-2H3;3-15,22,34H,16-20H2,1-2H3/t23-;2*22-/m111/s1. The van der Waals surface area contributed by atoms with E-state index in [9.17, 15) is 28.8 Å². The van der Waals surface area contributed by atoms with Crippen molar-refractivity contribution in [2.75, 3.05) is 26.4 Å². The van der Waals surface area contributed by atoms with Gasteiger partial charge in [0.05, 0.1) is 59.2 Å². The molecule has 118 heavy (non-hydrogen) atoms. The normalized spacial score (nSPS) is 14.6. The van der Waals surface area contributed by atoms with Gasteiger partial charge in [-0.25, -0.2) is 0 Å². The molecule has 15 rings (SSSR count). The van der Waals surface area contributed by atoms with Gasteiger partial charge in [-0.05, 0) is 168 Å². The SMILES string of the molecule is Cc1noc(-c2ccc(-c3ccc(C4(C(=O)OC(C)(C)C)CC4)cc3)cc2)c1CC(=O)O[C@H](C)c1ccccc1.Cc1noc(-c2ccc(-c3ccc(C4(C(=O)OCCN)CC4)cc3)cc2)c1CC(=O)O[C@H](C)c1ccccc1.Cc1noc(-c2ccc(-c3ccc(C4(C(=O)OCCO)CC4)cc3)cc2)c1CC(=O)O[C@H](C)c1ccccc1. The van der Waals surface area contributed by atoms with Crippen molar-refractivity contribution in [3.8, 4) is 67.4 Å². The third kappa shape index (κ3) is 19.7. The zero-order valence-corrected chi connectivity index (χ0v) is 67.9. The van der Waals surface area contributed by atoms with E-state index in [1.54, 1.807) is 0 Å². The van der Waals surface area contributed by atoms with E-state index < -0.39 is 21.8 Å². The lowest BCUT2D eigenvalue weighted by Crippen LogP contribution is -2.31. The van der Waals surface area contributed by atoms with Crippen LogP contribution in [-0.4, -0.2) is 88.4 Å². The number of aromatic nitrogens is 3. The second kappa shape index (κ2) is 36.7. The number of rotatable bonds is 28. The summed E-state index contributed by atoms with van der Waals surface area (Å²) in [6, 6.07) is 76.8. The summed E-state index contributed by atoms with van der Waals surface area (Å²) in [6.45, 7) is 17.1. The number of hydrogen-bond donors (Lipinski definition) is 2. The van der Waals surface area contributed by atoms with Gasteiger partial charge in [-0.2, -0.15) is 0 Å². The summed E-state index contributed by atoms with van der Waals surface area (Å²) in [7, 11) is 0. The van der Waals surface area contributed by atoms with Gasteiger partial charge in [-0.15, -0.1) is 0 Å². The minimum Gasteiger partial charge on any atom is -0.464 e. The van der Waals surface area contributed by atoms with Gasteiger partial charge in [0, 0.05) is 39.9 Å². The van der Waals surface area contributed by atoms with E-state index in [2.05, 4.69) is 15.5 Å². The second-order valence-electron chi connectivity index (χ2n) is 31.4. The quantitative estimate of drug-likeness (QED) is 0.0340. The minimum atomic E-state index is -0.585. The van der Waals surface area contributed by atoms with E-state index in [1.807, 2.05) is 299 Å². The Hall–Kier alpha value is -12.7. The van der Waals surface area contributed by atoms with Crippen LogP contribution in [0.3, 0.4) is 0 Å². The number of aryl methyl sites for hydroxylation is 3. The number of hydrogen-bond acceptors (Lipinski definition) is 20. The smallest absolute Gasteiger partial charge is 0.317 e. The number of nitrogens with zero attached hydrogens (tertiary/aromatic N) is 3. The number of ether oxygens (including phenoxy) is 6. The second-order valence-corrected chi connectivity index (χ2v) is 31.4. The molecule has 3 fully saturated rings. The Morgan fingerprint density at radius 1 is 0.373 bits per heavy atom. The Labute approximate surface area is 687 Å². The number of carbonyl (C=O) groups is 6. The molecule has 0 unspecified atom stereocenters. The van der Waals surface area contributed by atoms with Crippen LogP contribution in [0.2, 0.25) is 0 Å². The lowest BCUT2D eigenvalue weighted by molar-refractivity contribution is -0.158. The Morgan fingerprint density at radius 3 is 0.864 bits per heavy atom. The van der Waals surface area contributed by atoms with Gasteiger partial charge in [0.2, 0.25) is 0 Å². The van der Waals surface area contributed by atoms with Crippen LogP contribution in [0, 0.1) is 20.8 Å². The summed E-state index contributed by atoms with van der Waals surface area (Å²) < 4.78 is 50.0. The summed E-state index contributed by atoms with van der Waals surface area (Å²) >= 11 is 0. The van der Waals surface area contributed by atoms with Crippen molar-refractivity contribution in [2.24, 2.45) is 5.73 Å². The first-order chi connectivity index (χ1) is 56.9. The van der Waals surface area contributed by atoms with E-state index in [4.69, 9.17) is 52.8 Å². The molecule has 3 atom stereocenters. The van der Waals surface area contributed by atoms with Crippen molar-refractivity contribution < 1.29 is 75.9 Å². The fourth-order valence-corrected chi connectivity index (χ4v) is 14.5. The van der Waals surface area contributed by atoms with Crippen molar-refractivity contribution in [1.29, 1.82) is 0 Å². The molecule has 0 amide bonds. The number of aliphatic hydroxyl groups excluding tert-OH is 1. The molecule has 12 aromatic rings. The average Bonchev–Trinajstić information content (AvgIpc) is 1.61. The molecular weight excluding hydrogens is 1490 g/mol. The fraction of sp³-hybridized carbons (Fsp3) is 0.296. The van der Waals surface area contributed by atoms with E-state index in [1.165, 1.54) is 0 Å². The maximum atomic E-state index is 12.8. The lowest BCUT2D eigenvalue weighted by Gasteiger charge is -2.24. The van der Waals surface area contributed by atoms with Gasteiger partial charge in [0.15, 0.2) is 17.3 Å². The maximum absolute atomic E-state index is 12.8. The van der Waals surface area contributed by atoms with Crippen LogP contribution in [0.4, 0.5) is 0 Å². The van der Waals surface area contributed by atoms with Crippen LogP contribution < -0.4 is 5.73 Å². The third-order valence-electron chi connectivity index (χ3n) is 21.9. The molecule has 3 aromatic heterocycles. The third-order valence-corrected chi connectivity index (χ3v) is 21.9. The predicted octanol–water partition coefficient (Wildman–Crippen LogP) is 19.0. The van der Waals surface area contributed by atoms with E-state index in [-0.39, 0.29) is 93.2 Å². The number of carbonyl (C=O) groups excluding carboxylic acids is 6. The predicted molar refractivity (Wildman–Crippen MR) is 447 cm³/mol. The summed E-state index contributed by atoms with van der Waals surface area (Å²) in [5.41, 5.74) is 21.8. The monoisotopic (exact) mass is 1590 g/mol. The molecule has 606 valence electrons. The molecular formula is C98H98N4O16. The highest BCUT2D eigenvalue weighted by molar-refractivity contribution is 5.89. The Morgan fingerprint density at radius 2 is 0.619 bits per heavy atom. The molecule has 3 aliphatic rings. The number of benzene rings is 9. The molecule has 3 N–H and O–H groups in total. The molecule has 0 bridgehead atoms. The van der Waals surface area contributed by atoms with Gasteiger partial charge in [0.1, 0.15) is 37.1 Å².